The minimum Gasteiger partial charge on any atom is -0.495 e. The fourth-order valence-corrected chi connectivity index (χ4v) is 3.18. The number of benzene rings is 2. The topological polar surface area (TPSA) is 43.4 Å². The molecule has 0 aliphatic heterocycles. The maximum atomic E-state index is 12.5. The number of ketones is 1. The van der Waals surface area contributed by atoms with Gasteiger partial charge < -0.3 is 4.74 Å². The summed E-state index contributed by atoms with van der Waals surface area (Å²) in [6.07, 6.45) is 0. The molecule has 104 valence electrons. The molecule has 4 heteroatoms. The molecule has 0 heterocycles. The van der Waals surface area contributed by atoms with Gasteiger partial charge in [-0.05, 0) is 19.1 Å². The van der Waals surface area contributed by atoms with Gasteiger partial charge in [-0.1, -0.05) is 42.5 Å². The van der Waals surface area contributed by atoms with Crippen molar-refractivity contribution in [3.63, 3.8) is 0 Å². The van der Waals surface area contributed by atoms with Crippen molar-refractivity contribution >= 4 is 16.6 Å². The summed E-state index contributed by atoms with van der Waals surface area (Å²) in [6, 6.07) is 16.0. The summed E-state index contributed by atoms with van der Waals surface area (Å²) in [4.78, 5) is 12.9. The van der Waals surface area contributed by atoms with Crippen LogP contribution in [0.5, 0.6) is 5.75 Å². The molecule has 0 radical (unpaired) electrons. The summed E-state index contributed by atoms with van der Waals surface area (Å²) >= 11 is 0. The summed E-state index contributed by atoms with van der Waals surface area (Å²) in [7, 11) is 0.0828. The molecule has 0 aliphatic rings. The van der Waals surface area contributed by atoms with Crippen molar-refractivity contribution in [1.82, 2.24) is 0 Å². The Morgan fingerprint density at radius 2 is 1.65 bits per heavy atom. The molecule has 0 aliphatic carbocycles. The number of hydrogen-bond acceptors (Lipinski definition) is 3. The van der Waals surface area contributed by atoms with Crippen LogP contribution in [0.25, 0.3) is 0 Å². The van der Waals surface area contributed by atoms with E-state index in [1.165, 1.54) is 7.11 Å². The molecule has 0 fully saturated rings. The van der Waals surface area contributed by atoms with Crippen LogP contribution in [0.3, 0.4) is 0 Å². The van der Waals surface area contributed by atoms with E-state index < -0.39 is 16.0 Å². The highest BCUT2D eigenvalue weighted by atomic mass is 32.2. The van der Waals surface area contributed by atoms with E-state index in [0.717, 1.165) is 0 Å². The average Bonchev–Trinajstić information content (AvgIpc) is 2.53. The van der Waals surface area contributed by atoms with Gasteiger partial charge in [-0.3, -0.25) is 9.00 Å². The molecule has 0 bridgehead atoms. The van der Waals surface area contributed by atoms with Gasteiger partial charge in [0.25, 0.3) is 0 Å². The molecule has 2 unspecified atom stereocenters. The van der Waals surface area contributed by atoms with Crippen molar-refractivity contribution in [3.05, 3.63) is 60.2 Å². The maximum Gasteiger partial charge on any atom is 0.178 e. The van der Waals surface area contributed by atoms with Crippen molar-refractivity contribution in [2.24, 2.45) is 0 Å². The van der Waals surface area contributed by atoms with Gasteiger partial charge in [0, 0.05) is 5.56 Å². The van der Waals surface area contributed by atoms with Crippen LogP contribution in [0.15, 0.2) is 59.5 Å². The molecule has 2 aromatic rings. The van der Waals surface area contributed by atoms with Gasteiger partial charge in [0.05, 0.1) is 28.1 Å². The van der Waals surface area contributed by atoms with Gasteiger partial charge in [0.15, 0.2) is 5.78 Å². The number of ether oxygens (including phenoxy) is 1. The van der Waals surface area contributed by atoms with E-state index in [2.05, 4.69) is 0 Å². The summed E-state index contributed by atoms with van der Waals surface area (Å²) in [5.41, 5.74) is 0.572. The van der Waals surface area contributed by atoms with Crippen LogP contribution in [0.2, 0.25) is 0 Å². The lowest BCUT2D eigenvalue weighted by Crippen LogP contribution is -2.23. The second-order valence-electron chi connectivity index (χ2n) is 4.32. The molecule has 0 saturated carbocycles. The summed E-state index contributed by atoms with van der Waals surface area (Å²) in [5.74, 6) is 0.411. The maximum absolute atomic E-state index is 12.5. The number of methoxy groups -OCH3 is 1. The van der Waals surface area contributed by atoms with Crippen LogP contribution in [-0.4, -0.2) is 22.4 Å². The predicted octanol–water partition coefficient (Wildman–Crippen LogP) is 3.07. The zero-order valence-electron chi connectivity index (χ0n) is 11.4. The highest BCUT2D eigenvalue weighted by Gasteiger charge is 2.24. The number of para-hydroxylation sites is 1. The second-order valence-corrected chi connectivity index (χ2v) is 6.06. The van der Waals surface area contributed by atoms with Gasteiger partial charge in [0.1, 0.15) is 5.75 Å². The molecule has 0 aromatic heterocycles. The lowest BCUT2D eigenvalue weighted by molar-refractivity contribution is 0.0992. The van der Waals surface area contributed by atoms with Crippen LogP contribution in [0, 0.1) is 0 Å². The highest BCUT2D eigenvalue weighted by molar-refractivity contribution is 7.86. The van der Waals surface area contributed by atoms with Crippen molar-refractivity contribution < 1.29 is 13.7 Å². The van der Waals surface area contributed by atoms with E-state index in [1.54, 1.807) is 49.4 Å². The first kappa shape index (κ1) is 14.5. The smallest absolute Gasteiger partial charge is 0.178 e. The van der Waals surface area contributed by atoms with E-state index in [1.807, 2.05) is 12.1 Å². The van der Waals surface area contributed by atoms with E-state index in [4.69, 9.17) is 4.74 Å². The Morgan fingerprint density at radius 3 is 2.30 bits per heavy atom. The molecule has 0 spiro atoms. The Balaban J connectivity index is 2.27. The molecule has 2 rings (SSSR count). The summed E-state index contributed by atoms with van der Waals surface area (Å²) in [5, 5.41) is -0.617. The Morgan fingerprint density at radius 1 is 1.05 bits per heavy atom. The van der Waals surface area contributed by atoms with Gasteiger partial charge in [-0.25, -0.2) is 0 Å². The minimum atomic E-state index is -1.44. The zero-order chi connectivity index (χ0) is 14.5. The Kier molecular flexibility index (Phi) is 4.69. The van der Waals surface area contributed by atoms with Crippen LogP contribution in [0.1, 0.15) is 17.3 Å². The molecule has 20 heavy (non-hydrogen) atoms. The third kappa shape index (κ3) is 2.96. The largest absolute Gasteiger partial charge is 0.495 e. The standard InChI is InChI=1S/C16H16O3S/c1-12(16(17)13-8-4-3-5-9-13)20(18)15-11-7-6-10-14(15)19-2/h3-12H,1-2H3. The average molecular weight is 288 g/mol. The molecule has 0 amide bonds. The fourth-order valence-electron chi connectivity index (χ4n) is 1.91. The molecular weight excluding hydrogens is 272 g/mol. The number of Topliss-reactive ketones (excluding diaryl/α,β-unsaturated/α-hetero) is 1. The SMILES string of the molecule is COc1ccccc1S(=O)C(C)C(=O)c1ccccc1. The first-order chi connectivity index (χ1) is 9.65. The monoisotopic (exact) mass is 288 g/mol. The number of rotatable bonds is 5. The third-order valence-electron chi connectivity index (χ3n) is 3.03. The third-order valence-corrected chi connectivity index (χ3v) is 4.66. The van der Waals surface area contributed by atoms with E-state index in [-0.39, 0.29) is 5.78 Å². The number of hydrogen-bond donors (Lipinski definition) is 0. The van der Waals surface area contributed by atoms with Gasteiger partial charge in [-0.15, -0.1) is 0 Å². The lowest BCUT2D eigenvalue weighted by atomic mass is 10.1. The minimum absolute atomic E-state index is 0.130. The first-order valence-corrected chi connectivity index (χ1v) is 7.49. The lowest BCUT2D eigenvalue weighted by Gasteiger charge is -2.13. The predicted molar refractivity (Wildman–Crippen MR) is 79.6 cm³/mol. The second kappa shape index (κ2) is 6.48. The quantitative estimate of drug-likeness (QED) is 0.794. The van der Waals surface area contributed by atoms with Gasteiger partial charge >= 0.3 is 0 Å². The van der Waals surface area contributed by atoms with Crippen LogP contribution >= 0.6 is 0 Å². The highest BCUT2D eigenvalue weighted by Crippen LogP contribution is 2.24. The van der Waals surface area contributed by atoms with Crippen molar-refractivity contribution in [2.45, 2.75) is 17.1 Å². The fraction of sp³-hybridized carbons (Fsp3) is 0.188. The van der Waals surface area contributed by atoms with Gasteiger partial charge in [-0.2, -0.15) is 0 Å². The first-order valence-electron chi connectivity index (χ1n) is 6.28. The summed E-state index contributed by atoms with van der Waals surface area (Å²) in [6.45, 7) is 1.68. The zero-order valence-corrected chi connectivity index (χ0v) is 12.2. The van der Waals surface area contributed by atoms with Crippen LogP contribution in [0.4, 0.5) is 0 Å². The van der Waals surface area contributed by atoms with Crippen LogP contribution < -0.4 is 4.74 Å². The van der Waals surface area contributed by atoms with Crippen molar-refractivity contribution in [1.29, 1.82) is 0 Å². The molecule has 2 atom stereocenters. The normalized spacial score (nSPS) is 13.5. The van der Waals surface area contributed by atoms with Crippen molar-refractivity contribution in [2.75, 3.05) is 7.11 Å². The van der Waals surface area contributed by atoms with E-state index in [0.29, 0.717) is 16.2 Å². The number of carbonyl (C=O) groups excluding carboxylic acids is 1. The molecule has 0 N–H and O–H groups in total. The van der Waals surface area contributed by atoms with Gasteiger partial charge in [0.2, 0.25) is 0 Å². The van der Waals surface area contributed by atoms with Crippen LogP contribution in [-0.2, 0) is 10.8 Å². The molecule has 3 nitrogen and oxygen atoms in total. The Bertz CT molecular complexity index is 623. The molecule has 0 saturated heterocycles. The van der Waals surface area contributed by atoms with Crippen molar-refractivity contribution in [3.8, 4) is 5.75 Å². The molecule has 2 aromatic carbocycles. The molecular formula is C16H16O3S. The van der Waals surface area contributed by atoms with E-state index >= 15 is 0 Å². The van der Waals surface area contributed by atoms with E-state index in [9.17, 15) is 9.00 Å². The Labute approximate surface area is 121 Å². The Hall–Kier alpha value is -1.94. The summed E-state index contributed by atoms with van der Waals surface area (Å²) < 4.78 is 17.7. The number of carbonyl (C=O) groups is 1.